The Labute approximate surface area is 428 Å². The monoisotopic (exact) mass is 1140 g/mol. The number of hydrogen-bond acceptors (Lipinski definition) is 6. The summed E-state index contributed by atoms with van der Waals surface area (Å²) in [5, 5.41) is 0. The van der Waals surface area contributed by atoms with Gasteiger partial charge >= 0.3 is 22.4 Å². The lowest BCUT2D eigenvalue weighted by Gasteiger charge is -2.40. The number of benzene rings is 6. The van der Waals surface area contributed by atoms with Crippen LogP contribution in [0.3, 0.4) is 0 Å². The molecule has 0 saturated carbocycles. The van der Waals surface area contributed by atoms with Crippen LogP contribution in [0.5, 0.6) is 23.0 Å². The molecule has 0 bridgehead atoms. The van der Waals surface area contributed by atoms with E-state index in [0.29, 0.717) is 94.1 Å². The molecule has 6 aromatic rings. The molecule has 6 rings (SSSR count). The van der Waals surface area contributed by atoms with E-state index in [4.69, 9.17) is 18.9 Å². The molecule has 0 aliphatic carbocycles. The summed E-state index contributed by atoms with van der Waals surface area (Å²) in [6, 6.07) is 12.7. The van der Waals surface area contributed by atoms with Crippen molar-refractivity contribution in [1.29, 1.82) is 0 Å². The van der Waals surface area contributed by atoms with Crippen LogP contribution in [0.15, 0.2) is 102 Å². The highest BCUT2D eigenvalue weighted by molar-refractivity contribution is 8.45. The fraction of sp³-hybridized carbons (Fsp3) is 0.308. The third-order valence-electron chi connectivity index (χ3n) is 11.1. The topological polar surface area (TPSA) is 55.4 Å². The third-order valence-corrected chi connectivity index (χ3v) is 12.3. The Balaban J connectivity index is 0.857. The average molecular weight is 1140 g/mol. The van der Waals surface area contributed by atoms with Crippen LogP contribution < -0.4 is 18.9 Å². The van der Waals surface area contributed by atoms with Gasteiger partial charge in [-0.05, 0) is 116 Å². The summed E-state index contributed by atoms with van der Waals surface area (Å²) in [5.74, 6) is -21.1. The summed E-state index contributed by atoms with van der Waals surface area (Å²) in [4.78, 5) is -3.61. The molecule has 0 fully saturated rings. The van der Waals surface area contributed by atoms with Gasteiger partial charge in [0.05, 0.1) is 13.2 Å². The fourth-order valence-electron chi connectivity index (χ4n) is 7.50. The van der Waals surface area contributed by atoms with Crippen LogP contribution in [0.2, 0.25) is 0 Å². The summed E-state index contributed by atoms with van der Waals surface area (Å²) < 4.78 is 283. The Morgan fingerprint density at radius 2 is 0.740 bits per heavy atom. The van der Waals surface area contributed by atoms with Gasteiger partial charge in [-0.2, -0.15) is 17.6 Å². The number of halogens is 18. The number of unbranched alkanes of at least 4 members (excludes halogenated alkanes) is 4. The van der Waals surface area contributed by atoms with Crippen LogP contribution in [0.25, 0.3) is 22.3 Å². The van der Waals surface area contributed by atoms with Crippen molar-refractivity contribution < 1.29 is 105 Å². The molecule has 0 spiro atoms. The van der Waals surface area contributed by atoms with Crippen molar-refractivity contribution in [3.8, 4) is 45.3 Å². The number of hydrogen-bond donors (Lipinski definition) is 0. The molecule has 0 aromatic heterocycles. The highest BCUT2D eigenvalue weighted by Crippen LogP contribution is 3.02. The SMILES string of the molecule is CCCC(OCCCCCOc1ccc(-c2cc(F)c(C(F)(F)Oc3cc(F)c(F)c(F)c3)c(F)c2)cc1)OCCCCCOc1ccc(-c2cc(F)c(C(F)(F)Oc3cc(F)c(S(F)(F)(F)(F)F)c(F)c3)c(F)c2)cc1. The zero-order chi connectivity index (χ0) is 56.6. The van der Waals surface area contributed by atoms with Gasteiger partial charge in [0.15, 0.2) is 40.3 Å². The van der Waals surface area contributed by atoms with Crippen LogP contribution >= 0.6 is 10.2 Å². The van der Waals surface area contributed by atoms with E-state index in [1.807, 2.05) is 6.92 Å². The Morgan fingerprint density at radius 3 is 1.08 bits per heavy atom. The first-order valence-electron chi connectivity index (χ1n) is 23.2. The third kappa shape index (κ3) is 16.1. The smallest absolute Gasteiger partial charge is 0.432 e. The first-order valence-corrected chi connectivity index (χ1v) is 25.1. The zero-order valence-electron chi connectivity index (χ0n) is 40.0. The Hall–Kier alpha value is -6.47. The minimum absolute atomic E-state index is 0.103. The van der Waals surface area contributed by atoms with Gasteiger partial charge in [-0.1, -0.05) is 57.0 Å². The van der Waals surface area contributed by atoms with Crippen LogP contribution in [0.1, 0.15) is 69.4 Å². The van der Waals surface area contributed by atoms with E-state index in [2.05, 4.69) is 9.47 Å². The van der Waals surface area contributed by atoms with E-state index in [1.165, 1.54) is 48.5 Å². The van der Waals surface area contributed by atoms with Crippen molar-refractivity contribution >= 4 is 10.2 Å². The number of ether oxygens (including phenoxy) is 6. The summed E-state index contributed by atoms with van der Waals surface area (Å²) in [6.07, 6.45) is -4.75. The lowest BCUT2D eigenvalue weighted by Crippen LogP contribution is -2.25. The van der Waals surface area contributed by atoms with Crippen LogP contribution in [0.4, 0.5) is 76.5 Å². The molecule has 1 unspecified atom stereocenters. The van der Waals surface area contributed by atoms with Gasteiger partial charge in [-0.15, -0.1) is 0 Å². The van der Waals surface area contributed by atoms with E-state index in [9.17, 15) is 76.5 Å². The van der Waals surface area contributed by atoms with Crippen LogP contribution in [0, 0.1) is 52.4 Å². The first kappa shape index (κ1) is 59.8. The summed E-state index contributed by atoms with van der Waals surface area (Å²) in [7, 11) is -11.0. The van der Waals surface area contributed by atoms with Crippen molar-refractivity contribution in [3.63, 3.8) is 0 Å². The van der Waals surface area contributed by atoms with E-state index in [-0.39, 0.29) is 41.0 Å². The molecular formula is C52H44F18O6S. The molecule has 6 nitrogen and oxygen atoms in total. The molecule has 0 aliphatic rings. The fourth-order valence-corrected chi connectivity index (χ4v) is 8.35. The molecule has 0 amide bonds. The molecule has 77 heavy (non-hydrogen) atoms. The zero-order valence-corrected chi connectivity index (χ0v) is 40.8. The molecule has 6 aromatic carbocycles. The van der Waals surface area contributed by atoms with Crippen molar-refractivity contribution in [2.24, 2.45) is 0 Å². The normalized spacial score (nSPS) is 13.5. The quantitative estimate of drug-likeness (QED) is 0.0222. The molecule has 0 radical (unpaired) electrons. The lowest BCUT2D eigenvalue weighted by molar-refractivity contribution is -0.190. The minimum atomic E-state index is -11.0. The Bertz CT molecular complexity index is 2910. The van der Waals surface area contributed by atoms with E-state index < -0.39 is 121 Å². The highest BCUT2D eigenvalue weighted by Gasteiger charge is 2.69. The maximum absolute atomic E-state index is 14.9. The van der Waals surface area contributed by atoms with Crippen molar-refractivity contribution in [3.05, 3.63) is 161 Å². The summed E-state index contributed by atoms with van der Waals surface area (Å²) >= 11 is 0. The van der Waals surface area contributed by atoms with Gasteiger partial charge in [0.2, 0.25) is 0 Å². The minimum Gasteiger partial charge on any atom is -0.494 e. The van der Waals surface area contributed by atoms with Gasteiger partial charge in [-0.25, -0.2) is 39.5 Å². The lowest BCUT2D eigenvalue weighted by atomic mass is 10.0. The highest BCUT2D eigenvalue weighted by atomic mass is 32.5. The molecule has 0 saturated heterocycles. The van der Waals surface area contributed by atoms with Crippen LogP contribution in [-0.2, 0) is 21.7 Å². The predicted octanol–water partition coefficient (Wildman–Crippen LogP) is 18.1. The van der Waals surface area contributed by atoms with Crippen molar-refractivity contribution in [1.82, 2.24) is 0 Å². The van der Waals surface area contributed by atoms with Gasteiger partial charge in [0, 0.05) is 37.5 Å². The van der Waals surface area contributed by atoms with E-state index >= 15 is 0 Å². The summed E-state index contributed by atoms with van der Waals surface area (Å²) in [6.45, 7) is 3.37. The molecule has 0 heterocycles. The van der Waals surface area contributed by atoms with E-state index in [0.717, 1.165) is 12.8 Å². The molecule has 25 heteroatoms. The van der Waals surface area contributed by atoms with E-state index in [1.54, 1.807) is 0 Å². The predicted molar refractivity (Wildman–Crippen MR) is 246 cm³/mol. The first-order chi connectivity index (χ1) is 36.0. The Morgan fingerprint density at radius 1 is 0.403 bits per heavy atom. The van der Waals surface area contributed by atoms with Gasteiger partial charge < -0.3 is 28.4 Å². The van der Waals surface area contributed by atoms with Gasteiger partial charge in [-0.3, -0.25) is 0 Å². The standard InChI is InChI=1S/C52H44F18O6S/c1-2-9-46(73-20-7-3-5-18-71-34-14-10-30(11-15-34)32-22-38(53)47(39(54)23-32)51(62,63)75-36-26-42(57)49(61)43(58)27-36)74-21-8-4-6-19-72-35-16-12-31(13-17-35)33-24-40(55)48(41(56)25-33)52(64,65)76-37-28-44(59)50(45(60)29-37)77(66,67,68,69)70/h10-17,22-29,46H,2-9,18-21H2,1H3. The maximum atomic E-state index is 14.9. The maximum Gasteiger partial charge on any atom is 0.432 e. The molecule has 420 valence electrons. The number of rotatable bonds is 27. The largest absolute Gasteiger partial charge is 0.494 e. The second-order valence-electron chi connectivity index (χ2n) is 17.1. The second kappa shape index (κ2) is 23.6. The molecule has 0 aliphatic heterocycles. The molecule has 1 atom stereocenters. The molecular weight excluding hydrogens is 1090 g/mol. The van der Waals surface area contributed by atoms with Crippen molar-refractivity contribution in [2.75, 3.05) is 26.4 Å². The average Bonchev–Trinajstić information content (AvgIpc) is 3.30. The van der Waals surface area contributed by atoms with Crippen LogP contribution in [-0.4, -0.2) is 32.7 Å². The van der Waals surface area contributed by atoms with Gasteiger partial charge in [0.25, 0.3) is 0 Å². The Kier molecular flexibility index (Phi) is 18.3. The summed E-state index contributed by atoms with van der Waals surface area (Å²) in [5.41, 5.74) is -3.91. The molecule has 0 N–H and O–H groups in total. The number of alkyl halides is 4. The second-order valence-corrected chi connectivity index (χ2v) is 19.4. The van der Waals surface area contributed by atoms with Crippen molar-refractivity contribution in [2.45, 2.75) is 81.7 Å². The van der Waals surface area contributed by atoms with Gasteiger partial charge in [0.1, 0.15) is 57.4 Å².